The zero-order chi connectivity index (χ0) is 17.2. The van der Waals surface area contributed by atoms with Gasteiger partial charge in [0.2, 0.25) is 5.65 Å². The molecular formula is C16H15N9. The van der Waals surface area contributed by atoms with Gasteiger partial charge in [-0.15, -0.1) is 5.10 Å². The molecule has 0 fully saturated rings. The van der Waals surface area contributed by atoms with Crippen molar-refractivity contribution in [2.75, 3.05) is 7.05 Å². The Labute approximate surface area is 142 Å². The van der Waals surface area contributed by atoms with E-state index in [1.165, 1.54) is 6.21 Å². The molecule has 4 heterocycles. The van der Waals surface area contributed by atoms with E-state index in [1.54, 1.807) is 30.3 Å². The minimum atomic E-state index is 0.473. The summed E-state index contributed by atoms with van der Waals surface area (Å²) >= 11 is 0. The van der Waals surface area contributed by atoms with E-state index >= 15 is 0 Å². The summed E-state index contributed by atoms with van der Waals surface area (Å²) in [5.74, 6) is 0. The van der Waals surface area contributed by atoms with Crippen molar-refractivity contribution in [1.29, 1.82) is 5.41 Å². The molecule has 0 aliphatic heterocycles. The summed E-state index contributed by atoms with van der Waals surface area (Å²) in [5, 5.41) is 18.6. The van der Waals surface area contributed by atoms with Crippen LogP contribution in [0.3, 0.4) is 0 Å². The number of hydrogen-bond donors (Lipinski definition) is 2. The highest BCUT2D eigenvalue weighted by Gasteiger charge is 2.11. The average Bonchev–Trinajstić information content (AvgIpc) is 3.26. The first-order valence-electron chi connectivity index (χ1n) is 7.64. The van der Waals surface area contributed by atoms with Gasteiger partial charge in [0.25, 0.3) is 0 Å². The predicted molar refractivity (Wildman–Crippen MR) is 93.2 cm³/mol. The Balaban J connectivity index is 1.73. The van der Waals surface area contributed by atoms with Crippen LogP contribution >= 0.6 is 0 Å². The van der Waals surface area contributed by atoms with Crippen LogP contribution in [-0.4, -0.2) is 47.6 Å². The summed E-state index contributed by atoms with van der Waals surface area (Å²) in [6.45, 7) is 0.512. The van der Waals surface area contributed by atoms with Gasteiger partial charge in [-0.1, -0.05) is 11.3 Å². The fourth-order valence-electron chi connectivity index (χ4n) is 2.58. The lowest BCUT2D eigenvalue weighted by molar-refractivity contribution is 0.661. The number of hydrogen-bond acceptors (Lipinski definition) is 7. The lowest BCUT2D eigenvalue weighted by Gasteiger charge is -2.05. The van der Waals surface area contributed by atoms with E-state index in [9.17, 15) is 0 Å². The Morgan fingerprint density at radius 3 is 3.08 bits per heavy atom. The van der Waals surface area contributed by atoms with Gasteiger partial charge in [0, 0.05) is 43.6 Å². The van der Waals surface area contributed by atoms with Crippen molar-refractivity contribution in [3.8, 4) is 0 Å². The molecule has 9 nitrogen and oxygen atoms in total. The highest BCUT2D eigenvalue weighted by atomic mass is 15.4. The van der Waals surface area contributed by atoms with E-state index in [0.717, 1.165) is 11.2 Å². The van der Waals surface area contributed by atoms with E-state index in [2.05, 4.69) is 30.6 Å². The van der Waals surface area contributed by atoms with Crippen LogP contribution < -0.4 is 5.32 Å². The number of fused-ring (bicyclic) bond motifs is 2. The van der Waals surface area contributed by atoms with Crippen molar-refractivity contribution < 1.29 is 0 Å². The number of nitrogens with zero attached hydrogens (tertiary/aromatic N) is 7. The molecule has 0 unspecified atom stereocenters. The van der Waals surface area contributed by atoms with Crippen molar-refractivity contribution in [3.05, 3.63) is 54.4 Å². The predicted octanol–water partition coefficient (Wildman–Crippen LogP) is 1.13. The van der Waals surface area contributed by atoms with Crippen molar-refractivity contribution in [2.24, 2.45) is 0 Å². The van der Waals surface area contributed by atoms with Crippen LogP contribution in [0, 0.1) is 5.41 Å². The maximum absolute atomic E-state index is 7.52. The monoisotopic (exact) mass is 333 g/mol. The second kappa shape index (κ2) is 6.11. The van der Waals surface area contributed by atoms with E-state index < -0.39 is 0 Å². The summed E-state index contributed by atoms with van der Waals surface area (Å²) in [5.41, 5.74) is 4.20. The fraction of sp³-hybridized carbons (Fsp3) is 0.125. The van der Waals surface area contributed by atoms with Crippen molar-refractivity contribution in [2.45, 2.75) is 6.54 Å². The lowest BCUT2D eigenvalue weighted by Crippen LogP contribution is -2.05. The molecule has 0 aliphatic carbocycles. The number of aromatic nitrogens is 7. The van der Waals surface area contributed by atoms with Crippen LogP contribution in [-0.2, 0) is 6.54 Å². The molecule has 4 aromatic rings. The zero-order valence-electron chi connectivity index (χ0n) is 13.5. The molecule has 25 heavy (non-hydrogen) atoms. The van der Waals surface area contributed by atoms with Crippen LogP contribution in [0.2, 0.25) is 0 Å². The average molecular weight is 333 g/mol. The number of nitrogens with one attached hydrogen (secondary N) is 2. The molecule has 0 bridgehead atoms. The summed E-state index contributed by atoms with van der Waals surface area (Å²) in [7, 11) is 1.77. The van der Waals surface area contributed by atoms with Gasteiger partial charge >= 0.3 is 0 Å². The third-order valence-corrected chi connectivity index (χ3v) is 3.76. The highest BCUT2D eigenvalue weighted by molar-refractivity contribution is 6.07. The highest BCUT2D eigenvalue weighted by Crippen LogP contribution is 2.14. The third kappa shape index (κ3) is 2.71. The second-order valence-corrected chi connectivity index (χ2v) is 5.41. The zero-order valence-corrected chi connectivity index (χ0v) is 13.5. The molecule has 4 rings (SSSR count). The molecule has 0 atom stereocenters. The Morgan fingerprint density at radius 2 is 2.24 bits per heavy atom. The van der Waals surface area contributed by atoms with Gasteiger partial charge in [-0.2, -0.15) is 0 Å². The van der Waals surface area contributed by atoms with Gasteiger partial charge < -0.3 is 15.1 Å². The largest absolute Gasteiger partial charge is 0.393 e. The first-order chi connectivity index (χ1) is 12.3. The molecule has 2 N–H and O–H groups in total. The Kier molecular flexibility index (Phi) is 3.65. The molecule has 0 aliphatic rings. The van der Waals surface area contributed by atoms with E-state index in [-0.39, 0.29) is 0 Å². The minimum Gasteiger partial charge on any atom is -0.393 e. The maximum atomic E-state index is 7.52. The molecule has 0 saturated carbocycles. The number of pyridine rings is 1. The molecule has 4 aromatic heterocycles. The second-order valence-electron chi connectivity index (χ2n) is 5.41. The first-order valence-corrected chi connectivity index (χ1v) is 7.64. The third-order valence-electron chi connectivity index (χ3n) is 3.76. The number of imidazole rings is 1. The van der Waals surface area contributed by atoms with Gasteiger partial charge in [0.15, 0.2) is 5.65 Å². The molecule has 9 heteroatoms. The van der Waals surface area contributed by atoms with Crippen LogP contribution in [0.25, 0.3) is 22.5 Å². The van der Waals surface area contributed by atoms with Crippen LogP contribution in [0.1, 0.15) is 11.3 Å². The van der Waals surface area contributed by atoms with Crippen molar-refractivity contribution in [1.82, 2.24) is 39.7 Å². The van der Waals surface area contributed by atoms with Gasteiger partial charge in [-0.25, -0.2) is 19.6 Å². The molecule has 0 saturated heterocycles. The quantitative estimate of drug-likeness (QED) is 0.530. The van der Waals surface area contributed by atoms with Gasteiger partial charge in [-0.3, -0.25) is 0 Å². The van der Waals surface area contributed by atoms with Gasteiger partial charge in [0.1, 0.15) is 5.65 Å². The summed E-state index contributed by atoms with van der Waals surface area (Å²) in [6, 6.07) is 3.95. The van der Waals surface area contributed by atoms with E-state index in [1.807, 2.05) is 28.9 Å². The van der Waals surface area contributed by atoms with Crippen LogP contribution in [0.15, 0.2) is 43.1 Å². The topological polar surface area (TPSA) is 110 Å². The molecule has 0 amide bonds. The molecule has 124 valence electrons. The maximum Gasteiger partial charge on any atom is 0.221 e. The minimum absolute atomic E-state index is 0.473. The summed E-state index contributed by atoms with van der Waals surface area (Å²) in [4.78, 5) is 13.1. The van der Waals surface area contributed by atoms with Crippen molar-refractivity contribution >= 4 is 28.7 Å². The number of allylic oxidation sites excluding steroid dienone is 1. The van der Waals surface area contributed by atoms with Gasteiger partial charge in [0.05, 0.1) is 18.4 Å². The normalized spacial score (nSPS) is 12.0. The summed E-state index contributed by atoms with van der Waals surface area (Å²) in [6.07, 6.45) is 10.2. The smallest absolute Gasteiger partial charge is 0.221 e. The molecule has 0 spiro atoms. The lowest BCUT2D eigenvalue weighted by atomic mass is 10.2. The first kappa shape index (κ1) is 14.9. The van der Waals surface area contributed by atoms with E-state index in [0.29, 0.717) is 29.1 Å². The number of rotatable bonds is 5. The SMILES string of the molecule is CN/C=C(\C=N)c1cnc2nnn(Cc3ccc4nccn4c3)c2n1. The fourth-order valence-corrected chi connectivity index (χ4v) is 2.58. The van der Waals surface area contributed by atoms with Gasteiger partial charge in [-0.05, 0) is 11.6 Å². The Bertz CT molecular complexity index is 1090. The van der Waals surface area contributed by atoms with Crippen molar-refractivity contribution in [3.63, 3.8) is 0 Å². The van der Waals surface area contributed by atoms with E-state index in [4.69, 9.17) is 5.41 Å². The molecule has 0 radical (unpaired) electrons. The van der Waals surface area contributed by atoms with Crippen LogP contribution in [0.5, 0.6) is 0 Å². The standard InChI is InChI=1S/C16H15N9/c1-18-7-12(6-17)13-8-20-15-16(21-13)25(23-22-15)10-11-2-3-14-19-4-5-24(14)9-11/h2-9,17-18H,10H2,1H3/b12-7+,17-6?. The Morgan fingerprint density at radius 1 is 1.32 bits per heavy atom. The summed E-state index contributed by atoms with van der Waals surface area (Å²) < 4.78 is 3.65. The Hall–Kier alpha value is -3.62. The molecule has 0 aromatic carbocycles. The molecular weight excluding hydrogens is 318 g/mol. The van der Waals surface area contributed by atoms with Crippen LogP contribution in [0.4, 0.5) is 0 Å².